The summed E-state index contributed by atoms with van der Waals surface area (Å²) in [7, 11) is 1.66. The second-order valence-electron chi connectivity index (χ2n) is 2.21. The van der Waals surface area contributed by atoms with Crippen LogP contribution in [0.25, 0.3) is 0 Å². The van der Waals surface area contributed by atoms with Crippen LogP contribution in [0.4, 0.5) is 0 Å². The molecule has 12 heavy (non-hydrogen) atoms. The van der Waals surface area contributed by atoms with Crippen LogP contribution in [0.1, 0.15) is 39.5 Å². The number of hydrogen-bond donors (Lipinski definition) is 1. The van der Waals surface area contributed by atoms with Gasteiger partial charge in [0.15, 0.2) is 0 Å². The number of rotatable bonds is 5. The van der Waals surface area contributed by atoms with Gasteiger partial charge in [0.1, 0.15) is 0 Å². The molecule has 0 heterocycles. The molecule has 0 radical (unpaired) electrons. The van der Waals surface area contributed by atoms with E-state index in [9.17, 15) is 4.79 Å². The van der Waals surface area contributed by atoms with E-state index in [1.165, 1.54) is 0 Å². The Bertz CT molecular complexity index is 110. The van der Waals surface area contributed by atoms with Crippen LogP contribution < -0.4 is 5.32 Å². The lowest BCUT2D eigenvalue weighted by atomic mass is 10.2. The van der Waals surface area contributed by atoms with Crippen LogP contribution in [0.5, 0.6) is 0 Å². The van der Waals surface area contributed by atoms with Gasteiger partial charge in [-0.2, -0.15) is 0 Å². The van der Waals surface area contributed by atoms with Gasteiger partial charge in [-0.15, -0.1) is 6.58 Å². The summed E-state index contributed by atoms with van der Waals surface area (Å²) in [6.07, 6.45) is 5.56. The average molecular weight is 171 g/mol. The summed E-state index contributed by atoms with van der Waals surface area (Å²) in [4.78, 5) is 10.6. The summed E-state index contributed by atoms with van der Waals surface area (Å²) in [6, 6.07) is 0. The van der Waals surface area contributed by atoms with Gasteiger partial charge in [-0.05, 0) is 19.3 Å². The summed E-state index contributed by atoms with van der Waals surface area (Å²) < 4.78 is 0. The molecule has 0 unspecified atom stereocenters. The van der Waals surface area contributed by atoms with E-state index in [0.29, 0.717) is 6.42 Å². The van der Waals surface area contributed by atoms with E-state index in [2.05, 4.69) is 11.9 Å². The minimum Gasteiger partial charge on any atom is -0.359 e. The van der Waals surface area contributed by atoms with Gasteiger partial charge in [-0.3, -0.25) is 4.79 Å². The Balaban J connectivity index is 0. The van der Waals surface area contributed by atoms with E-state index in [0.717, 1.165) is 19.3 Å². The number of unbranched alkanes of at least 4 members (excludes halogenated alkanes) is 2. The van der Waals surface area contributed by atoms with Crippen LogP contribution in [0.2, 0.25) is 0 Å². The Morgan fingerprint density at radius 1 is 1.42 bits per heavy atom. The van der Waals surface area contributed by atoms with Crippen molar-refractivity contribution in [2.75, 3.05) is 7.05 Å². The predicted molar refractivity (Wildman–Crippen MR) is 54.1 cm³/mol. The molecule has 0 aliphatic carbocycles. The molecular formula is C10H21NO. The van der Waals surface area contributed by atoms with Gasteiger partial charge in [0.2, 0.25) is 5.91 Å². The fourth-order valence-corrected chi connectivity index (χ4v) is 0.699. The molecule has 0 aromatic heterocycles. The van der Waals surface area contributed by atoms with Crippen LogP contribution in [-0.2, 0) is 4.79 Å². The van der Waals surface area contributed by atoms with Gasteiger partial charge in [-0.25, -0.2) is 0 Å². The Morgan fingerprint density at radius 3 is 2.42 bits per heavy atom. The Morgan fingerprint density at radius 2 is 2.00 bits per heavy atom. The number of carbonyl (C=O) groups excluding carboxylic acids is 1. The SMILES string of the molecule is C=CCCCCC(=O)NC.CC. The van der Waals surface area contributed by atoms with Crippen molar-refractivity contribution in [3.63, 3.8) is 0 Å². The molecule has 0 rings (SSSR count). The topological polar surface area (TPSA) is 29.1 Å². The minimum atomic E-state index is 0.129. The highest BCUT2D eigenvalue weighted by Gasteiger charge is 1.94. The first-order chi connectivity index (χ1) is 5.81. The van der Waals surface area contributed by atoms with Crippen molar-refractivity contribution in [1.29, 1.82) is 0 Å². The van der Waals surface area contributed by atoms with Gasteiger partial charge in [-0.1, -0.05) is 19.9 Å². The lowest BCUT2D eigenvalue weighted by Crippen LogP contribution is -2.16. The standard InChI is InChI=1S/C8H15NO.C2H6/c1-3-4-5-6-7-8(10)9-2;1-2/h3H,1,4-7H2,2H3,(H,9,10);1-2H3. The first-order valence-electron chi connectivity index (χ1n) is 4.62. The molecule has 1 N–H and O–H groups in total. The maximum absolute atomic E-state index is 10.6. The van der Waals surface area contributed by atoms with Crippen molar-refractivity contribution in [1.82, 2.24) is 5.32 Å². The smallest absolute Gasteiger partial charge is 0.219 e. The largest absolute Gasteiger partial charge is 0.359 e. The molecule has 72 valence electrons. The van der Waals surface area contributed by atoms with Crippen LogP contribution >= 0.6 is 0 Å². The summed E-state index contributed by atoms with van der Waals surface area (Å²) in [6.45, 7) is 7.60. The predicted octanol–water partition coefficient (Wildman–Crippen LogP) is 2.51. The zero-order valence-electron chi connectivity index (χ0n) is 8.52. The maximum Gasteiger partial charge on any atom is 0.219 e. The molecule has 0 aromatic carbocycles. The summed E-state index contributed by atoms with van der Waals surface area (Å²) in [5.41, 5.74) is 0. The van der Waals surface area contributed by atoms with E-state index in [1.54, 1.807) is 7.05 Å². The zero-order valence-corrected chi connectivity index (χ0v) is 8.52. The van der Waals surface area contributed by atoms with E-state index in [-0.39, 0.29) is 5.91 Å². The second-order valence-corrected chi connectivity index (χ2v) is 2.21. The molecular weight excluding hydrogens is 150 g/mol. The van der Waals surface area contributed by atoms with Crippen molar-refractivity contribution >= 4 is 5.91 Å². The van der Waals surface area contributed by atoms with E-state index >= 15 is 0 Å². The monoisotopic (exact) mass is 171 g/mol. The Labute approximate surface area is 76.1 Å². The number of allylic oxidation sites excluding steroid dienone is 1. The van der Waals surface area contributed by atoms with Crippen LogP contribution in [0.15, 0.2) is 12.7 Å². The normalized spacial score (nSPS) is 7.92. The number of amides is 1. The summed E-state index contributed by atoms with van der Waals surface area (Å²) >= 11 is 0. The van der Waals surface area contributed by atoms with Crippen molar-refractivity contribution in [3.8, 4) is 0 Å². The van der Waals surface area contributed by atoms with E-state index in [4.69, 9.17) is 0 Å². The van der Waals surface area contributed by atoms with Gasteiger partial charge in [0.25, 0.3) is 0 Å². The third-order valence-corrected chi connectivity index (χ3v) is 1.34. The summed E-state index contributed by atoms with van der Waals surface area (Å²) in [5.74, 6) is 0.129. The average Bonchev–Trinajstić information content (AvgIpc) is 2.15. The molecule has 2 nitrogen and oxygen atoms in total. The quantitative estimate of drug-likeness (QED) is 0.500. The first-order valence-corrected chi connectivity index (χ1v) is 4.62. The van der Waals surface area contributed by atoms with Crippen molar-refractivity contribution in [2.24, 2.45) is 0 Å². The van der Waals surface area contributed by atoms with Crippen molar-refractivity contribution in [2.45, 2.75) is 39.5 Å². The highest BCUT2D eigenvalue weighted by Crippen LogP contribution is 1.98. The maximum atomic E-state index is 10.6. The number of carbonyl (C=O) groups is 1. The van der Waals surface area contributed by atoms with Crippen molar-refractivity contribution in [3.05, 3.63) is 12.7 Å². The minimum absolute atomic E-state index is 0.129. The van der Waals surface area contributed by atoms with Gasteiger partial charge >= 0.3 is 0 Å². The third-order valence-electron chi connectivity index (χ3n) is 1.34. The fraction of sp³-hybridized carbons (Fsp3) is 0.700. The highest BCUT2D eigenvalue weighted by atomic mass is 16.1. The highest BCUT2D eigenvalue weighted by molar-refractivity contribution is 5.75. The third kappa shape index (κ3) is 11.9. The zero-order chi connectivity index (χ0) is 9.82. The molecule has 0 atom stereocenters. The van der Waals surface area contributed by atoms with Crippen LogP contribution in [-0.4, -0.2) is 13.0 Å². The number of hydrogen-bond acceptors (Lipinski definition) is 1. The molecule has 0 aliphatic rings. The molecule has 2 heteroatoms. The lowest BCUT2D eigenvalue weighted by Gasteiger charge is -1.96. The van der Waals surface area contributed by atoms with Crippen LogP contribution in [0.3, 0.4) is 0 Å². The Kier molecular flexibility index (Phi) is 14.8. The molecule has 0 saturated carbocycles. The molecule has 0 bridgehead atoms. The molecule has 0 spiro atoms. The molecule has 0 fully saturated rings. The van der Waals surface area contributed by atoms with Gasteiger partial charge < -0.3 is 5.32 Å². The van der Waals surface area contributed by atoms with Gasteiger partial charge in [0.05, 0.1) is 0 Å². The molecule has 0 aromatic rings. The molecule has 0 saturated heterocycles. The summed E-state index contributed by atoms with van der Waals surface area (Å²) in [5, 5.41) is 2.58. The molecule has 1 amide bonds. The first kappa shape index (κ1) is 13.8. The number of nitrogens with one attached hydrogen (secondary N) is 1. The van der Waals surface area contributed by atoms with E-state index < -0.39 is 0 Å². The van der Waals surface area contributed by atoms with Crippen molar-refractivity contribution < 1.29 is 4.79 Å². The van der Waals surface area contributed by atoms with Crippen LogP contribution in [0, 0.1) is 0 Å². The molecule has 0 aliphatic heterocycles. The lowest BCUT2D eigenvalue weighted by molar-refractivity contribution is -0.120. The fourth-order valence-electron chi connectivity index (χ4n) is 0.699. The van der Waals surface area contributed by atoms with E-state index in [1.807, 2.05) is 19.9 Å². The van der Waals surface area contributed by atoms with Gasteiger partial charge in [0, 0.05) is 13.5 Å². The Hall–Kier alpha value is -0.790. The second kappa shape index (κ2) is 12.8.